The van der Waals surface area contributed by atoms with Gasteiger partial charge in [-0.15, -0.1) is 0 Å². The van der Waals surface area contributed by atoms with Crippen LogP contribution >= 0.6 is 22.6 Å². The second kappa shape index (κ2) is 6.02. The molecule has 110 valence electrons. The van der Waals surface area contributed by atoms with Crippen molar-refractivity contribution in [1.29, 1.82) is 0 Å². The Kier molecular flexibility index (Phi) is 4.52. The van der Waals surface area contributed by atoms with E-state index in [0.29, 0.717) is 3.57 Å². The third-order valence-corrected chi connectivity index (χ3v) is 4.79. The topological polar surface area (TPSA) is 83.5 Å². The second-order valence-corrected chi connectivity index (χ2v) is 7.35. The fraction of sp³-hybridized carbons (Fsp3) is 0.0714. The molecule has 0 saturated heterocycles. The van der Waals surface area contributed by atoms with E-state index in [1.54, 1.807) is 25.1 Å². The number of benzene rings is 2. The second-order valence-electron chi connectivity index (χ2n) is 4.42. The number of carbonyl (C=O) groups is 1. The number of anilines is 1. The minimum Gasteiger partial charge on any atom is -0.478 e. The first-order chi connectivity index (χ1) is 9.79. The lowest BCUT2D eigenvalue weighted by molar-refractivity contribution is 0.0698. The van der Waals surface area contributed by atoms with Crippen molar-refractivity contribution >= 4 is 44.3 Å². The third-order valence-electron chi connectivity index (χ3n) is 2.76. The van der Waals surface area contributed by atoms with Crippen LogP contribution in [0.4, 0.5) is 5.69 Å². The largest absolute Gasteiger partial charge is 0.478 e. The number of rotatable bonds is 4. The molecule has 0 amide bonds. The number of aromatic carboxylic acids is 1. The molecular formula is C14H12INO4S. The van der Waals surface area contributed by atoms with Crippen molar-refractivity contribution in [2.24, 2.45) is 0 Å². The summed E-state index contributed by atoms with van der Waals surface area (Å²) in [6.45, 7) is 1.78. The summed E-state index contributed by atoms with van der Waals surface area (Å²) >= 11 is 1.97. The highest BCUT2D eigenvalue weighted by molar-refractivity contribution is 14.1. The number of carboxylic acids is 1. The average Bonchev–Trinajstić information content (AvgIpc) is 2.40. The normalized spacial score (nSPS) is 11.1. The Morgan fingerprint density at radius 1 is 1.19 bits per heavy atom. The molecule has 0 bridgehead atoms. The number of sulfonamides is 1. The van der Waals surface area contributed by atoms with Gasteiger partial charge in [0, 0.05) is 3.57 Å². The molecule has 0 aliphatic rings. The highest BCUT2D eigenvalue weighted by Gasteiger charge is 2.18. The van der Waals surface area contributed by atoms with Crippen LogP contribution in [-0.2, 0) is 10.0 Å². The zero-order valence-corrected chi connectivity index (χ0v) is 14.0. The van der Waals surface area contributed by atoms with Crippen molar-refractivity contribution < 1.29 is 18.3 Å². The standard InChI is InChI=1S/C14H12INO4S/c1-9-3-2-4-11(7-9)21(19,20)16-13-6-5-10(15)8-12(13)14(17)18/h2-8,16H,1H3,(H,17,18). The Labute approximate surface area is 136 Å². The van der Waals surface area contributed by atoms with Crippen LogP contribution in [0.25, 0.3) is 0 Å². The molecule has 5 nitrogen and oxygen atoms in total. The van der Waals surface area contributed by atoms with Crippen molar-refractivity contribution in [2.75, 3.05) is 4.72 Å². The highest BCUT2D eigenvalue weighted by atomic mass is 127. The van der Waals surface area contributed by atoms with Gasteiger partial charge in [-0.25, -0.2) is 13.2 Å². The minimum absolute atomic E-state index is 0.0458. The number of carboxylic acid groups (broad SMARTS) is 1. The van der Waals surface area contributed by atoms with Crippen LogP contribution in [-0.4, -0.2) is 19.5 Å². The van der Waals surface area contributed by atoms with Crippen molar-refractivity contribution in [3.05, 3.63) is 57.2 Å². The van der Waals surface area contributed by atoms with Gasteiger partial charge in [0.15, 0.2) is 0 Å². The highest BCUT2D eigenvalue weighted by Crippen LogP contribution is 2.22. The smallest absolute Gasteiger partial charge is 0.337 e. The molecule has 0 aliphatic carbocycles. The van der Waals surface area contributed by atoms with Crippen LogP contribution < -0.4 is 4.72 Å². The van der Waals surface area contributed by atoms with E-state index < -0.39 is 16.0 Å². The quantitative estimate of drug-likeness (QED) is 0.750. The van der Waals surface area contributed by atoms with Gasteiger partial charge >= 0.3 is 5.97 Å². The molecule has 2 N–H and O–H groups in total. The van der Waals surface area contributed by atoms with Gasteiger partial charge in [-0.1, -0.05) is 12.1 Å². The Bertz CT molecular complexity index is 802. The number of aryl methyl sites for hydroxylation is 1. The first-order valence-corrected chi connectivity index (χ1v) is 8.48. The molecule has 7 heteroatoms. The summed E-state index contributed by atoms with van der Waals surface area (Å²) in [5.74, 6) is -1.18. The molecular weight excluding hydrogens is 405 g/mol. The van der Waals surface area contributed by atoms with E-state index >= 15 is 0 Å². The summed E-state index contributed by atoms with van der Waals surface area (Å²) in [5, 5.41) is 9.16. The first-order valence-electron chi connectivity index (χ1n) is 5.92. The van der Waals surface area contributed by atoms with Gasteiger partial charge in [0.2, 0.25) is 0 Å². The van der Waals surface area contributed by atoms with Gasteiger partial charge in [-0.05, 0) is 65.4 Å². The molecule has 0 radical (unpaired) electrons. The number of hydrogen-bond donors (Lipinski definition) is 2. The molecule has 0 aliphatic heterocycles. The molecule has 2 rings (SSSR count). The van der Waals surface area contributed by atoms with Crippen molar-refractivity contribution in [2.45, 2.75) is 11.8 Å². The molecule has 0 saturated carbocycles. The van der Waals surface area contributed by atoms with Gasteiger partial charge < -0.3 is 5.11 Å². The maximum atomic E-state index is 12.3. The van der Waals surface area contributed by atoms with E-state index in [2.05, 4.69) is 4.72 Å². The molecule has 21 heavy (non-hydrogen) atoms. The fourth-order valence-electron chi connectivity index (χ4n) is 1.77. The minimum atomic E-state index is -3.82. The van der Waals surface area contributed by atoms with Crippen molar-refractivity contribution in [3.8, 4) is 0 Å². The number of nitrogens with one attached hydrogen (secondary N) is 1. The van der Waals surface area contributed by atoms with Crippen LogP contribution in [0.3, 0.4) is 0 Å². The van der Waals surface area contributed by atoms with Gasteiger partial charge in [0.05, 0.1) is 16.1 Å². The van der Waals surface area contributed by atoms with Gasteiger partial charge in [-0.3, -0.25) is 4.72 Å². The molecule has 0 fully saturated rings. The molecule has 0 aromatic heterocycles. The molecule has 0 heterocycles. The zero-order valence-electron chi connectivity index (χ0n) is 11.0. The van der Waals surface area contributed by atoms with Crippen LogP contribution in [0, 0.1) is 10.5 Å². The molecule has 0 unspecified atom stereocenters. The van der Waals surface area contributed by atoms with E-state index in [1.807, 2.05) is 22.6 Å². The number of halogens is 1. The molecule has 2 aromatic carbocycles. The number of hydrogen-bond acceptors (Lipinski definition) is 3. The van der Waals surface area contributed by atoms with Crippen LogP contribution in [0.1, 0.15) is 15.9 Å². The molecule has 2 aromatic rings. The Morgan fingerprint density at radius 3 is 2.52 bits per heavy atom. The molecule has 0 spiro atoms. The summed E-state index contributed by atoms with van der Waals surface area (Å²) in [6, 6.07) is 10.9. The lowest BCUT2D eigenvalue weighted by Crippen LogP contribution is -2.15. The van der Waals surface area contributed by atoms with E-state index in [4.69, 9.17) is 5.11 Å². The average molecular weight is 417 g/mol. The van der Waals surface area contributed by atoms with Crippen molar-refractivity contribution in [1.82, 2.24) is 0 Å². The Morgan fingerprint density at radius 2 is 1.90 bits per heavy atom. The maximum absolute atomic E-state index is 12.3. The Balaban J connectivity index is 2.44. The van der Waals surface area contributed by atoms with Crippen molar-refractivity contribution in [3.63, 3.8) is 0 Å². The van der Waals surface area contributed by atoms with Gasteiger partial charge in [0.1, 0.15) is 0 Å². The third kappa shape index (κ3) is 3.73. The Hall–Kier alpha value is -1.61. The van der Waals surface area contributed by atoms with E-state index in [1.165, 1.54) is 24.3 Å². The lowest BCUT2D eigenvalue weighted by atomic mass is 10.2. The zero-order chi connectivity index (χ0) is 15.6. The summed E-state index contributed by atoms with van der Waals surface area (Å²) in [5.41, 5.74) is 0.765. The summed E-state index contributed by atoms with van der Waals surface area (Å²) < 4.78 is 27.7. The predicted molar refractivity (Wildman–Crippen MR) is 88.1 cm³/mol. The summed E-state index contributed by atoms with van der Waals surface area (Å²) in [7, 11) is -3.82. The van der Waals surface area contributed by atoms with Crippen LogP contribution in [0.2, 0.25) is 0 Å². The van der Waals surface area contributed by atoms with Crippen LogP contribution in [0.15, 0.2) is 47.4 Å². The lowest BCUT2D eigenvalue weighted by Gasteiger charge is -2.11. The maximum Gasteiger partial charge on any atom is 0.337 e. The van der Waals surface area contributed by atoms with E-state index in [9.17, 15) is 13.2 Å². The van der Waals surface area contributed by atoms with E-state index in [0.717, 1.165) is 5.56 Å². The predicted octanol–water partition coefficient (Wildman–Crippen LogP) is 3.10. The van der Waals surface area contributed by atoms with Gasteiger partial charge in [-0.2, -0.15) is 0 Å². The fourth-order valence-corrected chi connectivity index (χ4v) is 3.44. The molecule has 0 atom stereocenters. The summed E-state index contributed by atoms with van der Waals surface area (Å²) in [6.07, 6.45) is 0. The van der Waals surface area contributed by atoms with Gasteiger partial charge in [0.25, 0.3) is 10.0 Å². The summed E-state index contributed by atoms with van der Waals surface area (Å²) in [4.78, 5) is 11.3. The van der Waals surface area contributed by atoms with Crippen LogP contribution in [0.5, 0.6) is 0 Å². The van der Waals surface area contributed by atoms with E-state index in [-0.39, 0.29) is 16.1 Å². The monoisotopic (exact) mass is 417 g/mol. The SMILES string of the molecule is Cc1cccc(S(=O)(=O)Nc2ccc(I)cc2C(=O)O)c1. The first kappa shape index (κ1) is 15.8.